The second kappa shape index (κ2) is 9.62. The van der Waals surface area contributed by atoms with Crippen LogP contribution in [0.4, 0.5) is 11.5 Å². The number of nitrogens with one attached hydrogen (secondary N) is 2. The molecule has 1 aliphatic heterocycles. The number of aromatic nitrogens is 1. The van der Waals surface area contributed by atoms with Crippen molar-refractivity contribution in [2.24, 2.45) is 0 Å². The third kappa shape index (κ3) is 4.20. The highest BCUT2D eigenvalue weighted by molar-refractivity contribution is 6.18. The van der Waals surface area contributed by atoms with Gasteiger partial charge in [0.2, 0.25) is 6.41 Å². The molecule has 0 aliphatic carbocycles. The molecule has 1 fully saturated rings. The Hall–Kier alpha value is -3.71. The lowest BCUT2D eigenvalue weighted by molar-refractivity contribution is -0.106. The Kier molecular flexibility index (Phi) is 6.47. The van der Waals surface area contributed by atoms with Gasteiger partial charge in [0.15, 0.2) is 0 Å². The number of aromatic hydroxyl groups is 1. The minimum absolute atomic E-state index is 0.0756. The molecule has 164 valence electrons. The predicted octanol–water partition coefficient (Wildman–Crippen LogP) is 3.77. The maximum atomic E-state index is 13.7. The smallest absolute Gasteiger partial charge is 0.268 e. The van der Waals surface area contributed by atoms with Crippen molar-refractivity contribution >= 4 is 23.8 Å². The van der Waals surface area contributed by atoms with Crippen LogP contribution in [-0.4, -0.2) is 42.5 Å². The van der Waals surface area contributed by atoms with Gasteiger partial charge in [0.25, 0.3) is 5.91 Å². The molecule has 1 aromatic heterocycles. The molecule has 1 atom stereocenters. The molecule has 2 amide bonds. The lowest BCUT2D eigenvalue weighted by Gasteiger charge is -2.28. The molecular weight excluding hydrogens is 404 g/mol. The van der Waals surface area contributed by atoms with Gasteiger partial charge in [-0.05, 0) is 61.2 Å². The van der Waals surface area contributed by atoms with Crippen molar-refractivity contribution in [2.75, 3.05) is 30.4 Å². The van der Waals surface area contributed by atoms with E-state index in [-0.39, 0.29) is 11.7 Å². The number of imide groups is 1. The summed E-state index contributed by atoms with van der Waals surface area (Å²) < 4.78 is 0. The lowest BCUT2D eigenvalue weighted by Crippen LogP contribution is -2.34. The molecule has 3 N–H and O–H groups in total. The van der Waals surface area contributed by atoms with E-state index in [1.807, 2.05) is 18.2 Å². The molecule has 3 aromatic rings. The highest BCUT2D eigenvalue weighted by atomic mass is 16.3. The van der Waals surface area contributed by atoms with Crippen molar-refractivity contribution < 1.29 is 14.7 Å². The normalized spacial score (nSPS) is 15.7. The van der Waals surface area contributed by atoms with Gasteiger partial charge in [0.1, 0.15) is 11.6 Å². The van der Waals surface area contributed by atoms with Crippen molar-refractivity contribution in [3.05, 3.63) is 71.8 Å². The number of phenols is 1. The van der Waals surface area contributed by atoms with Crippen LogP contribution in [-0.2, 0) is 4.79 Å². The highest BCUT2D eigenvalue weighted by Crippen LogP contribution is 2.36. The first-order valence-electron chi connectivity index (χ1n) is 10.7. The number of hydrogen-bond acceptors (Lipinski definition) is 6. The first kappa shape index (κ1) is 21.5. The fourth-order valence-corrected chi connectivity index (χ4v) is 4.17. The zero-order valence-corrected chi connectivity index (χ0v) is 17.9. The number of benzene rings is 2. The Labute approximate surface area is 187 Å². The van der Waals surface area contributed by atoms with Crippen LogP contribution in [0.15, 0.2) is 60.7 Å². The van der Waals surface area contributed by atoms with Crippen molar-refractivity contribution in [3.63, 3.8) is 0 Å². The van der Waals surface area contributed by atoms with Gasteiger partial charge in [-0.15, -0.1) is 0 Å². The van der Waals surface area contributed by atoms with Gasteiger partial charge < -0.3 is 15.7 Å². The van der Waals surface area contributed by atoms with Gasteiger partial charge >= 0.3 is 0 Å². The van der Waals surface area contributed by atoms with E-state index in [2.05, 4.69) is 15.6 Å². The van der Waals surface area contributed by atoms with Gasteiger partial charge in [-0.2, -0.15) is 0 Å². The van der Waals surface area contributed by atoms with E-state index in [1.165, 1.54) is 0 Å². The average Bonchev–Trinajstić information content (AvgIpc) is 2.85. The van der Waals surface area contributed by atoms with Crippen molar-refractivity contribution in [1.82, 2.24) is 10.3 Å². The van der Waals surface area contributed by atoms with Gasteiger partial charge in [-0.25, -0.2) is 9.88 Å². The number of piperidine rings is 1. The monoisotopic (exact) mass is 430 g/mol. The molecule has 7 nitrogen and oxygen atoms in total. The third-order valence-corrected chi connectivity index (χ3v) is 5.78. The molecule has 4 rings (SSSR count). The molecule has 1 unspecified atom stereocenters. The molecule has 0 bridgehead atoms. The Morgan fingerprint density at radius 2 is 1.94 bits per heavy atom. The molecule has 1 saturated heterocycles. The molecule has 2 aromatic carbocycles. The first-order valence-corrected chi connectivity index (χ1v) is 10.7. The van der Waals surface area contributed by atoms with Crippen molar-refractivity contribution in [2.45, 2.75) is 18.8 Å². The van der Waals surface area contributed by atoms with E-state index in [0.29, 0.717) is 34.7 Å². The average molecular weight is 431 g/mol. The van der Waals surface area contributed by atoms with Crippen LogP contribution in [0.5, 0.6) is 5.75 Å². The molecule has 2 heterocycles. The summed E-state index contributed by atoms with van der Waals surface area (Å²) in [6, 6.07) is 17.7. The quantitative estimate of drug-likeness (QED) is 0.516. The maximum absolute atomic E-state index is 13.7. The number of hydrogen-bond donors (Lipinski definition) is 3. The largest absolute Gasteiger partial charge is 0.507 e. The van der Waals surface area contributed by atoms with Crippen molar-refractivity contribution in [3.8, 4) is 17.0 Å². The van der Waals surface area contributed by atoms with Crippen LogP contribution in [0.2, 0.25) is 0 Å². The third-order valence-electron chi connectivity index (χ3n) is 5.78. The van der Waals surface area contributed by atoms with Crippen LogP contribution in [0, 0.1) is 0 Å². The molecular formula is C25H26N4O3. The van der Waals surface area contributed by atoms with Crippen LogP contribution in [0.3, 0.4) is 0 Å². The van der Waals surface area contributed by atoms with Crippen LogP contribution in [0.1, 0.15) is 34.7 Å². The minimum Gasteiger partial charge on any atom is -0.507 e. The summed E-state index contributed by atoms with van der Waals surface area (Å²) in [6.07, 6.45) is 2.43. The van der Waals surface area contributed by atoms with E-state index in [9.17, 15) is 14.7 Å². The number of para-hydroxylation sites is 2. The number of rotatable bonds is 6. The molecule has 1 aliphatic rings. The first-order chi connectivity index (χ1) is 15.6. The summed E-state index contributed by atoms with van der Waals surface area (Å²) >= 11 is 0. The highest BCUT2D eigenvalue weighted by Gasteiger charge is 2.29. The Bertz CT molecular complexity index is 1110. The lowest BCUT2D eigenvalue weighted by atomic mass is 9.87. The van der Waals surface area contributed by atoms with Gasteiger partial charge in [0, 0.05) is 19.2 Å². The summed E-state index contributed by atoms with van der Waals surface area (Å²) in [4.78, 5) is 31.4. The van der Waals surface area contributed by atoms with E-state index >= 15 is 0 Å². The number of nitrogens with zero attached hydrogens (tertiary/aromatic N) is 2. The number of carbonyl (C=O) groups is 2. The van der Waals surface area contributed by atoms with Gasteiger partial charge in [-0.3, -0.25) is 9.59 Å². The number of amides is 2. The summed E-state index contributed by atoms with van der Waals surface area (Å²) in [6.45, 7) is 1.65. The Morgan fingerprint density at radius 1 is 1.19 bits per heavy atom. The molecule has 0 saturated carbocycles. The Morgan fingerprint density at radius 3 is 2.59 bits per heavy atom. The number of carbonyl (C=O) groups excluding carboxylic acids is 2. The van der Waals surface area contributed by atoms with Crippen LogP contribution >= 0.6 is 0 Å². The topological polar surface area (TPSA) is 94.6 Å². The summed E-state index contributed by atoms with van der Waals surface area (Å²) in [5.41, 5.74) is 2.83. The van der Waals surface area contributed by atoms with Crippen LogP contribution < -0.4 is 15.5 Å². The van der Waals surface area contributed by atoms with Crippen LogP contribution in [0.25, 0.3) is 11.3 Å². The second-order valence-corrected chi connectivity index (χ2v) is 7.75. The second-order valence-electron chi connectivity index (χ2n) is 7.75. The zero-order chi connectivity index (χ0) is 22.5. The number of anilines is 2. The van der Waals surface area contributed by atoms with E-state index in [1.54, 1.807) is 49.5 Å². The molecule has 32 heavy (non-hydrogen) atoms. The predicted molar refractivity (Wildman–Crippen MR) is 125 cm³/mol. The van der Waals surface area contributed by atoms with Gasteiger partial charge in [0.05, 0.1) is 16.9 Å². The van der Waals surface area contributed by atoms with E-state index in [4.69, 9.17) is 0 Å². The summed E-state index contributed by atoms with van der Waals surface area (Å²) in [5, 5.41) is 16.8. The molecule has 0 radical (unpaired) electrons. The zero-order valence-electron chi connectivity index (χ0n) is 17.9. The van der Waals surface area contributed by atoms with Crippen molar-refractivity contribution in [1.29, 1.82) is 0 Å². The molecule has 7 heteroatoms. The fourth-order valence-electron chi connectivity index (χ4n) is 4.17. The number of phenolic OH excluding ortho intramolecular Hbond substituents is 1. The maximum Gasteiger partial charge on any atom is 0.268 e. The number of pyridine rings is 1. The standard InChI is InChI=1S/C25H26N4O3/c1-26-24-23(25(32)29(16-30)18-9-3-2-4-10-18)20(17-8-7-13-27-15-17)14-21(28-24)19-11-5-6-12-22(19)31/h2-6,9-12,14,16-17,27,31H,7-8,13,15H2,1H3,(H,26,28). The Balaban J connectivity index is 1.89. The minimum atomic E-state index is -0.438. The molecule has 0 spiro atoms. The summed E-state index contributed by atoms with van der Waals surface area (Å²) in [7, 11) is 1.70. The van der Waals surface area contributed by atoms with Gasteiger partial charge in [-0.1, -0.05) is 30.3 Å². The SMILES string of the molecule is CNc1nc(-c2ccccc2O)cc(C2CCCNC2)c1C(=O)N(C=O)c1ccccc1. The van der Waals surface area contributed by atoms with E-state index < -0.39 is 5.91 Å². The van der Waals surface area contributed by atoms with E-state index in [0.717, 1.165) is 36.4 Å². The fraction of sp³-hybridized carbons (Fsp3) is 0.240. The summed E-state index contributed by atoms with van der Waals surface area (Å²) in [5.74, 6) is 0.130.